The second-order valence-electron chi connectivity index (χ2n) is 4.65. The average molecular weight is 275 g/mol. The molecule has 0 fully saturated rings. The van der Waals surface area contributed by atoms with E-state index >= 15 is 0 Å². The lowest BCUT2D eigenvalue weighted by molar-refractivity contribution is -0.121. The molecular formula is C14H17N3O3. The van der Waals surface area contributed by atoms with Gasteiger partial charge in [0, 0.05) is 12.7 Å². The minimum absolute atomic E-state index is 0.122. The van der Waals surface area contributed by atoms with Gasteiger partial charge in [0.1, 0.15) is 12.2 Å². The Balaban J connectivity index is 1.93. The Morgan fingerprint density at radius 1 is 1.30 bits per heavy atom. The molecule has 3 amide bonds. The van der Waals surface area contributed by atoms with Crippen molar-refractivity contribution < 1.29 is 14.4 Å². The van der Waals surface area contributed by atoms with E-state index in [4.69, 9.17) is 0 Å². The van der Waals surface area contributed by atoms with Crippen molar-refractivity contribution in [3.05, 3.63) is 29.6 Å². The van der Waals surface area contributed by atoms with Gasteiger partial charge in [0.25, 0.3) is 11.8 Å². The Bertz CT molecular complexity index is 507. The van der Waals surface area contributed by atoms with E-state index < -0.39 is 11.8 Å². The summed E-state index contributed by atoms with van der Waals surface area (Å²) < 4.78 is 0. The van der Waals surface area contributed by atoms with Crippen LogP contribution < -0.4 is 5.32 Å². The van der Waals surface area contributed by atoms with Gasteiger partial charge in [0.2, 0.25) is 5.91 Å². The molecule has 1 N–H and O–H groups in total. The van der Waals surface area contributed by atoms with Crippen molar-refractivity contribution >= 4 is 17.7 Å². The maximum absolute atomic E-state index is 12.0. The molecule has 1 aliphatic heterocycles. The molecule has 6 nitrogen and oxygen atoms in total. The normalized spacial score (nSPS) is 13.6. The predicted octanol–water partition coefficient (Wildman–Crippen LogP) is 0.984. The van der Waals surface area contributed by atoms with Crippen LogP contribution in [0.5, 0.6) is 0 Å². The molecule has 0 saturated heterocycles. The number of aromatic nitrogens is 1. The number of unbranched alkanes of at least 4 members (excludes halogenated alkanes) is 2. The van der Waals surface area contributed by atoms with Crippen LogP contribution in [0.1, 0.15) is 47.0 Å². The van der Waals surface area contributed by atoms with E-state index in [1.165, 1.54) is 6.20 Å². The van der Waals surface area contributed by atoms with E-state index in [9.17, 15) is 14.4 Å². The zero-order valence-corrected chi connectivity index (χ0v) is 11.4. The molecular weight excluding hydrogens is 258 g/mol. The maximum Gasteiger partial charge on any atom is 0.280 e. The minimum atomic E-state index is -0.505. The minimum Gasteiger partial charge on any atom is -0.355 e. The molecule has 1 aliphatic rings. The highest BCUT2D eigenvalue weighted by molar-refractivity contribution is 6.21. The highest BCUT2D eigenvalue weighted by Gasteiger charge is 2.37. The van der Waals surface area contributed by atoms with Gasteiger partial charge in [0.15, 0.2) is 0 Å². The third-order valence-corrected chi connectivity index (χ3v) is 3.14. The molecule has 0 aliphatic carbocycles. The molecule has 1 aromatic heterocycles. The van der Waals surface area contributed by atoms with Crippen molar-refractivity contribution in [1.29, 1.82) is 0 Å². The number of hydrogen-bond donors (Lipinski definition) is 1. The van der Waals surface area contributed by atoms with Gasteiger partial charge < -0.3 is 5.32 Å². The van der Waals surface area contributed by atoms with Crippen molar-refractivity contribution in [3.63, 3.8) is 0 Å². The van der Waals surface area contributed by atoms with Crippen LogP contribution in [-0.2, 0) is 4.79 Å². The van der Waals surface area contributed by atoms with Gasteiger partial charge in [-0.05, 0) is 18.6 Å². The molecule has 0 saturated carbocycles. The van der Waals surface area contributed by atoms with E-state index in [2.05, 4.69) is 17.2 Å². The molecule has 0 aromatic carbocycles. The van der Waals surface area contributed by atoms with Gasteiger partial charge in [-0.1, -0.05) is 19.8 Å². The van der Waals surface area contributed by atoms with E-state index in [1.54, 1.807) is 12.1 Å². The van der Waals surface area contributed by atoms with Crippen molar-refractivity contribution in [1.82, 2.24) is 15.2 Å². The highest BCUT2D eigenvalue weighted by atomic mass is 16.2. The second kappa shape index (κ2) is 6.27. The first-order valence-electron chi connectivity index (χ1n) is 6.73. The number of imide groups is 1. The number of fused-ring (bicyclic) bond motifs is 1. The fourth-order valence-corrected chi connectivity index (χ4v) is 2.06. The summed E-state index contributed by atoms with van der Waals surface area (Å²) in [6, 6.07) is 3.14. The van der Waals surface area contributed by atoms with Crippen LogP contribution in [0.15, 0.2) is 18.3 Å². The molecule has 0 unspecified atom stereocenters. The number of amides is 3. The van der Waals surface area contributed by atoms with Crippen LogP contribution in [0.3, 0.4) is 0 Å². The summed E-state index contributed by atoms with van der Waals surface area (Å²) in [4.78, 5) is 40.5. The van der Waals surface area contributed by atoms with E-state index in [0.717, 1.165) is 24.2 Å². The zero-order chi connectivity index (χ0) is 14.5. The van der Waals surface area contributed by atoms with Crippen LogP contribution in [0.4, 0.5) is 0 Å². The van der Waals surface area contributed by atoms with E-state index in [1.807, 2.05) is 0 Å². The lowest BCUT2D eigenvalue weighted by Gasteiger charge is -2.13. The summed E-state index contributed by atoms with van der Waals surface area (Å²) in [5.41, 5.74) is 0.382. The first-order chi connectivity index (χ1) is 9.65. The fourth-order valence-electron chi connectivity index (χ4n) is 2.06. The fraction of sp³-hybridized carbons (Fsp3) is 0.429. The molecule has 2 rings (SSSR count). The Kier molecular flexibility index (Phi) is 4.45. The highest BCUT2D eigenvalue weighted by Crippen LogP contribution is 2.19. The standard InChI is InChI=1S/C14H17N3O3/c1-2-3-4-7-15-11(18)9-17-13(19)10-6-5-8-16-12(10)14(17)20/h5-6,8H,2-4,7,9H2,1H3,(H,15,18). The summed E-state index contributed by atoms with van der Waals surface area (Å²) in [5, 5.41) is 2.71. The Hall–Kier alpha value is -2.24. The monoisotopic (exact) mass is 275 g/mol. The van der Waals surface area contributed by atoms with Gasteiger partial charge in [0.05, 0.1) is 5.56 Å². The molecule has 0 atom stereocenters. The van der Waals surface area contributed by atoms with Crippen LogP contribution in [0.2, 0.25) is 0 Å². The van der Waals surface area contributed by atoms with Crippen molar-refractivity contribution in [3.8, 4) is 0 Å². The summed E-state index contributed by atoms with van der Waals surface area (Å²) in [5.74, 6) is -1.29. The summed E-state index contributed by atoms with van der Waals surface area (Å²) in [6.45, 7) is 2.39. The Morgan fingerprint density at radius 3 is 2.80 bits per heavy atom. The summed E-state index contributed by atoms with van der Waals surface area (Å²) in [7, 11) is 0. The molecule has 2 heterocycles. The second-order valence-corrected chi connectivity index (χ2v) is 4.65. The van der Waals surface area contributed by atoms with Gasteiger partial charge in [-0.15, -0.1) is 0 Å². The average Bonchev–Trinajstić information content (AvgIpc) is 2.69. The van der Waals surface area contributed by atoms with Gasteiger partial charge in [-0.2, -0.15) is 0 Å². The molecule has 0 spiro atoms. The number of rotatable bonds is 6. The van der Waals surface area contributed by atoms with Gasteiger partial charge in [-0.3, -0.25) is 24.3 Å². The van der Waals surface area contributed by atoms with Crippen LogP contribution in [0, 0.1) is 0 Å². The SMILES string of the molecule is CCCCCNC(=O)CN1C(=O)c2cccnc2C1=O. The number of pyridine rings is 1. The third-order valence-electron chi connectivity index (χ3n) is 3.14. The topological polar surface area (TPSA) is 79.4 Å². The number of nitrogens with zero attached hydrogens (tertiary/aromatic N) is 2. The van der Waals surface area contributed by atoms with Gasteiger partial charge in [-0.25, -0.2) is 0 Å². The van der Waals surface area contributed by atoms with E-state index in [-0.39, 0.29) is 23.7 Å². The smallest absolute Gasteiger partial charge is 0.280 e. The van der Waals surface area contributed by atoms with Crippen LogP contribution >= 0.6 is 0 Å². The van der Waals surface area contributed by atoms with Crippen molar-refractivity contribution in [2.24, 2.45) is 0 Å². The first kappa shape index (κ1) is 14.2. The summed E-state index contributed by atoms with van der Waals surface area (Å²) >= 11 is 0. The number of nitrogens with one attached hydrogen (secondary N) is 1. The molecule has 6 heteroatoms. The predicted molar refractivity (Wildman–Crippen MR) is 72.1 cm³/mol. The number of hydrogen-bond acceptors (Lipinski definition) is 4. The van der Waals surface area contributed by atoms with Crippen molar-refractivity contribution in [2.45, 2.75) is 26.2 Å². The van der Waals surface area contributed by atoms with Gasteiger partial charge >= 0.3 is 0 Å². The van der Waals surface area contributed by atoms with E-state index in [0.29, 0.717) is 6.54 Å². The van der Waals surface area contributed by atoms with Crippen LogP contribution in [-0.4, -0.2) is 40.7 Å². The molecule has 0 bridgehead atoms. The largest absolute Gasteiger partial charge is 0.355 e. The molecule has 106 valence electrons. The zero-order valence-electron chi connectivity index (χ0n) is 11.4. The van der Waals surface area contributed by atoms with Crippen molar-refractivity contribution in [2.75, 3.05) is 13.1 Å². The quantitative estimate of drug-likeness (QED) is 0.620. The number of carbonyl (C=O) groups is 3. The molecule has 1 aromatic rings. The lowest BCUT2D eigenvalue weighted by Crippen LogP contribution is -2.40. The maximum atomic E-state index is 12.0. The summed E-state index contributed by atoms with van der Waals surface area (Å²) in [6.07, 6.45) is 4.46. The van der Waals surface area contributed by atoms with Crippen LogP contribution in [0.25, 0.3) is 0 Å². The molecule has 0 radical (unpaired) electrons. The molecule has 20 heavy (non-hydrogen) atoms. The third kappa shape index (κ3) is 2.84. The Morgan fingerprint density at radius 2 is 2.10 bits per heavy atom. The Labute approximate surface area is 117 Å². The first-order valence-corrected chi connectivity index (χ1v) is 6.73. The number of carbonyl (C=O) groups excluding carboxylic acids is 3. The lowest BCUT2D eigenvalue weighted by atomic mass is 10.2.